The molecule has 2 unspecified atom stereocenters. The van der Waals surface area contributed by atoms with Crippen LogP contribution in [0.1, 0.15) is 322 Å². The van der Waals surface area contributed by atoms with Gasteiger partial charge in [-0.1, -0.05) is 309 Å². The van der Waals surface area contributed by atoms with Crippen molar-refractivity contribution in [3.8, 4) is 0 Å². The lowest BCUT2D eigenvalue weighted by Gasteiger charge is -2.20. The predicted molar refractivity (Wildman–Crippen MR) is 267 cm³/mol. The van der Waals surface area contributed by atoms with Gasteiger partial charge < -0.3 is 15.5 Å². The third-order valence-corrected chi connectivity index (χ3v) is 13.3. The molecule has 0 aliphatic carbocycles. The smallest absolute Gasteiger partial charge is 0.220 e. The molecule has 60 heavy (non-hydrogen) atoms. The van der Waals surface area contributed by atoms with Crippen LogP contribution in [0.4, 0.5) is 0 Å². The second kappa shape index (κ2) is 52.5. The molecule has 4 heteroatoms. The molecule has 0 radical (unpaired) electrons. The summed E-state index contributed by atoms with van der Waals surface area (Å²) in [6, 6.07) is -0.614. The fraction of sp³-hybridized carbons (Fsp3) is 0.946. The van der Waals surface area contributed by atoms with Gasteiger partial charge in [-0.2, -0.15) is 0 Å². The summed E-state index contributed by atoms with van der Waals surface area (Å²) in [5.41, 5.74) is 0. The number of rotatable bonds is 52. The Kier molecular flexibility index (Phi) is 51.7. The van der Waals surface area contributed by atoms with E-state index in [1.54, 1.807) is 6.08 Å². The molecule has 3 N–H and O–H groups in total. The molecule has 0 aromatic heterocycles. The fourth-order valence-electron chi connectivity index (χ4n) is 9.01. The van der Waals surface area contributed by atoms with Crippen molar-refractivity contribution in [2.75, 3.05) is 6.61 Å². The highest BCUT2D eigenvalue weighted by molar-refractivity contribution is 5.76. The second-order valence-electron chi connectivity index (χ2n) is 19.4. The third kappa shape index (κ3) is 48.2. The molecule has 0 rings (SSSR count). The monoisotopic (exact) mass is 846 g/mol. The topological polar surface area (TPSA) is 69.6 Å². The number of hydrogen-bond donors (Lipinski definition) is 3. The normalized spacial score (nSPS) is 12.8. The van der Waals surface area contributed by atoms with E-state index in [2.05, 4.69) is 19.2 Å². The van der Waals surface area contributed by atoms with Crippen molar-refractivity contribution in [1.29, 1.82) is 0 Å². The maximum Gasteiger partial charge on any atom is 0.220 e. The highest BCUT2D eigenvalue weighted by Crippen LogP contribution is 2.18. The molecule has 1 amide bonds. The lowest BCUT2D eigenvalue weighted by Crippen LogP contribution is -2.45. The number of nitrogens with one attached hydrogen (secondary N) is 1. The first kappa shape index (κ1) is 59.1. The summed E-state index contributed by atoms with van der Waals surface area (Å²) in [6.45, 7) is 4.28. The zero-order valence-electron chi connectivity index (χ0n) is 41.3. The van der Waals surface area contributed by atoms with Gasteiger partial charge in [0.15, 0.2) is 0 Å². The molecular weight excluding hydrogens is 735 g/mol. The van der Waals surface area contributed by atoms with Gasteiger partial charge in [0, 0.05) is 6.42 Å². The van der Waals surface area contributed by atoms with E-state index in [1.165, 1.54) is 276 Å². The zero-order chi connectivity index (χ0) is 43.5. The van der Waals surface area contributed by atoms with E-state index in [9.17, 15) is 15.0 Å². The molecule has 0 aromatic rings. The molecule has 358 valence electrons. The first-order valence-corrected chi connectivity index (χ1v) is 27.9. The average molecular weight is 847 g/mol. The average Bonchev–Trinajstić information content (AvgIpc) is 3.25. The van der Waals surface area contributed by atoms with Gasteiger partial charge in [0.25, 0.3) is 0 Å². The van der Waals surface area contributed by atoms with Gasteiger partial charge >= 0.3 is 0 Å². The fourth-order valence-corrected chi connectivity index (χ4v) is 9.01. The highest BCUT2D eigenvalue weighted by atomic mass is 16.3. The number of aliphatic hydroxyl groups excluding tert-OH is 2. The van der Waals surface area contributed by atoms with E-state index in [0.717, 1.165) is 25.7 Å². The molecule has 0 aromatic carbocycles. The van der Waals surface area contributed by atoms with E-state index in [-0.39, 0.29) is 12.5 Å². The molecule has 0 fully saturated rings. The Morgan fingerprint density at radius 2 is 0.617 bits per heavy atom. The number of unbranched alkanes of at least 4 members (excludes halogenated alkanes) is 45. The molecule has 0 saturated carbocycles. The Hall–Kier alpha value is -0.870. The Labute approximate surface area is 377 Å². The molecule has 0 heterocycles. The van der Waals surface area contributed by atoms with E-state index in [4.69, 9.17) is 0 Å². The van der Waals surface area contributed by atoms with Crippen molar-refractivity contribution in [2.24, 2.45) is 0 Å². The SMILES string of the molecule is CCCCCCC/C=C/C(O)C(CO)NC(=O)CCCCCCCCCCCCCCCCCCCCCCCCCCCCCCCCCCCCCCCCCCC. The molecule has 0 spiro atoms. The Bertz CT molecular complexity index is 829. The van der Waals surface area contributed by atoms with Crippen LogP contribution >= 0.6 is 0 Å². The highest BCUT2D eigenvalue weighted by Gasteiger charge is 2.18. The summed E-state index contributed by atoms with van der Waals surface area (Å²) in [5, 5.41) is 22.8. The van der Waals surface area contributed by atoms with Crippen LogP contribution in [-0.4, -0.2) is 34.9 Å². The van der Waals surface area contributed by atoms with Gasteiger partial charge in [-0.3, -0.25) is 4.79 Å². The minimum atomic E-state index is -0.831. The Morgan fingerprint density at radius 1 is 0.383 bits per heavy atom. The number of aliphatic hydroxyl groups is 2. The summed E-state index contributed by atoms with van der Waals surface area (Å²) in [7, 11) is 0. The molecule has 4 nitrogen and oxygen atoms in total. The molecule has 0 aliphatic rings. The maximum atomic E-state index is 12.3. The number of amides is 1. The van der Waals surface area contributed by atoms with Crippen LogP contribution in [0.15, 0.2) is 12.2 Å². The molecular formula is C56H111NO3. The van der Waals surface area contributed by atoms with Crippen molar-refractivity contribution < 1.29 is 15.0 Å². The Morgan fingerprint density at radius 3 is 0.867 bits per heavy atom. The molecule has 0 bridgehead atoms. The molecule has 2 atom stereocenters. The molecule has 0 aliphatic heterocycles. The van der Waals surface area contributed by atoms with Crippen molar-refractivity contribution in [3.63, 3.8) is 0 Å². The van der Waals surface area contributed by atoms with Crippen molar-refractivity contribution >= 4 is 5.91 Å². The standard InChI is InChI=1S/C56H111NO3/c1-3-5-7-9-11-12-13-14-15-16-17-18-19-20-21-22-23-24-25-26-27-28-29-30-31-32-33-34-35-36-37-38-39-40-41-42-43-44-46-48-50-52-56(60)57-54(53-58)55(59)51-49-47-45-10-8-6-4-2/h49,51,54-55,58-59H,3-48,50,52-53H2,1-2H3,(H,57,60)/b51-49+. The minimum Gasteiger partial charge on any atom is -0.394 e. The van der Waals surface area contributed by atoms with Crippen LogP contribution in [0.2, 0.25) is 0 Å². The van der Waals surface area contributed by atoms with Crippen molar-refractivity contribution in [3.05, 3.63) is 12.2 Å². The first-order valence-electron chi connectivity index (χ1n) is 27.9. The van der Waals surface area contributed by atoms with Gasteiger partial charge in [0.1, 0.15) is 0 Å². The van der Waals surface area contributed by atoms with E-state index < -0.39 is 12.1 Å². The van der Waals surface area contributed by atoms with E-state index in [1.807, 2.05) is 6.08 Å². The van der Waals surface area contributed by atoms with Gasteiger partial charge in [0.05, 0.1) is 18.8 Å². The van der Waals surface area contributed by atoms with Crippen LogP contribution in [0.3, 0.4) is 0 Å². The summed E-state index contributed by atoms with van der Waals surface area (Å²) in [5.74, 6) is -0.0622. The quantitative estimate of drug-likeness (QED) is 0.0422. The maximum absolute atomic E-state index is 12.3. The molecule has 0 saturated heterocycles. The van der Waals surface area contributed by atoms with Crippen LogP contribution in [-0.2, 0) is 4.79 Å². The number of carbonyl (C=O) groups is 1. The lowest BCUT2D eigenvalue weighted by atomic mass is 10.0. The summed E-state index contributed by atoms with van der Waals surface area (Å²) < 4.78 is 0. The minimum absolute atomic E-state index is 0.0622. The van der Waals surface area contributed by atoms with Gasteiger partial charge in [-0.25, -0.2) is 0 Å². The predicted octanol–water partition coefficient (Wildman–Crippen LogP) is 18.1. The van der Waals surface area contributed by atoms with E-state index in [0.29, 0.717) is 6.42 Å². The van der Waals surface area contributed by atoms with Gasteiger partial charge in [0.2, 0.25) is 5.91 Å². The van der Waals surface area contributed by atoms with Crippen LogP contribution in [0.25, 0.3) is 0 Å². The number of hydrogen-bond acceptors (Lipinski definition) is 3. The van der Waals surface area contributed by atoms with Crippen LogP contribution in [0, 0.1) is 0 Å². The van der Waals surface area contributed by atoms with E-state index >= 15 is 0 Å². The number of allylic oxidation sites excluding steroid dienone is 1. The zero-order valence-corrected chi connectivity index (χ0v) is 41.3. The van der Waals surface area contributed by atoms with Crippen LogP contribution < -0.4 is 5.32 Å². The first-order chi connectivity index (χ1) is 29.7. The summed E-state index contributed by atoms with van der Waals surface area (Å²) in [4.78, 5) is 12.3. The third-order valence-electron chi connectivity index (χ3n) is 13.3. The van der Waals surface area contributed by atoms with Gasteiger partial charge in [-0.05, 0) is 19.3 Å². The second-order valence-corrected chi connectivity index (χ2v) is 19.4. The van der Waals surface area contributed by atoms with Crippen molar-refractivity contribution in [2.45, 2.75) is 334 Å². The van der Waals surface area contributed by atoms with Gasteiger partial charge in [-0.15, -0.1) is 0 Å². The number of carbonyl (C=O) groups excluding carboxylic acids is 1. The Balaban J connectivity index is 3.26. The summed E-state index contributed by atoms with van der Waals surface area (Å²) in [6.07, 6.45) is 68.6. The summed E-state index contributed by atoms with van der Waals surface area (Å²) >= 11 is 0. The largest absolute Gasteiger partial charge is 0.394 e. The lowest BCUT2D eigenvalue weighted by molar-refractivity contribution is -0.123. The van der Waals surface area contributed by atoms with Crippen molar-refractivity contribution in [1.82, 2.24) is 5.32 Å². The van der Waals surface area contributed by atoms with Crippen LogP contribution in [0.5, 0.6) is 0 Å².